The Bertz CT molecular complexity index is 2880. The lowest BCUT2D eigenvalue weighted by Crippen LogP contribution is -2.28. The van der Waals surface area contributed by atoms with Gasteiger partial charge in [-0.2, -0.15) is 0 Å². The predicted molar refractivity (Wildman–Crippen MR) is 224 cm³/mol. The van der Waals surface area contributed by atoms with Gasteiger partial charge in [0.1, 0.15) is 11.2 Å². The predicted octanol–water partition coefficient (Wildman–Crippen LogP) is 13.3. The molecule has 4 nitrogen and oxygen atoms in total. The Balaban J connectivity index is 0.915. The van der Waals surface area contributed by atoms with Crippen molar-refractivity contribution in [1.29, 1.82) is 0 Å². The third kappa shape index (κ3) is 5.32. The van der Waals surface area contributed by atoms with Crippen LogP contribution in [0.5, 0.6) is 0 Å². The Morgan fingerprint density at radius 1 is 0.364 bits per heavy atom. The molecule has 0 atom stereocenters. The van der Waals surface area contributed by atoms with Crippen LogP contribution in [-0.2, 0) is 5.41 Å². The molecule has 2 aromatic heterocycles. The quantitative estimate of drug-likeness (QED) is 0.179. The summed E-state index contributed by atoms with van der Waals surface area (Å²) in [6.45, 7) is 0. The normalized spacial score (nSPS) is 14.3. The summed E-state index contributed by atoms with van der Waals surface area (Å²) in [5, 5.41) is 2.12. The van der Waals surface area contributed by atoms with Crippen LogP contribution < -0.4 is 0 Å². The van der Waals surface area contributed by atoms with Gasteiger partial charge in [-0.1, -0.05) is 153 Å². The molecule has 2 aliphatic carbocycles. The Kier molecular flexibility index (Phi) is 7.38. The van der Waals surface area contributed by atoms with Crippen LogP contribution in [0.1, 0.15) is 43.2 Å². The van der Waals surface area contributed by atoms with Crippen LogP contribution in [0.15, 0.2) is 168 Å². The molecule has 1 fully saturated rings. The average molecular weight is 708 g/mol. The monoisotopic (exact) mass is 707 g/mol. The van der Waals surface area contributed by atoms with Crippen molar-refractivity contribution in [3.05, 3.63) is 175 Å². The summed E-state index contributed by atoms with van der Waals surface area (Å²) in [6.07, 6.45) is 6.43. The number of aromatic nitrogens is 3. The SMILES string of the molecule is c1ccc(-c2nc(-c3ccc(-c4ccc(-c5ccc6c(c5)C5(CCCCC5)c5ccccc5-6)cc4)cc3)nc(-c3ccc4oc5ccccc5c4c3)n2)cc1. The molecule has 7 aromatic carbocycles. The number of hydrogen-bond acceptors (Lipinski definition) is 4. The van der Waals surface area contributed by atoms with E-state index in [9.17, 15) is 0 Å². The maximum Gasteiger partial charge on any atom is 0.164 e. The van der Waals surface area contributed by atoms with Gasteiger partial charge < -0.3 is 4.42 Å². The lowest BCUT2D eigenvalue weighted by Gasteiger charge is -2.36. The van der Waals surface area contributed by atoms with Crippen LogP contribution in [0.2, 0.25) is 0 Å². The zero-order valence-corrected chi connectivity index (χ0v) is 30.4. The summed E-state index contributed by atoms with van der Waals surface area (Å²) in [7, 11) is 0. The number of nitrogens with zero attached hydrogens (tertiary/aromatic N) is 3. The van der Waals surface area contributed by atoms with E-state index < -0.39 is 0 Å². The molecule has 0 unspecified atom stereocenters. The molecule has 2 aliphatic rings. The molecular weight excluding hydrogens is 671 g/mol. The Morgan fingerprint density at radius 3 is 1.64 bits per heavy atom. The number of furan rings is 1. The van der Waals surface area contributed by atoms with E-state index in [4.69, 9.17) is 19.4 Å². The molecule has 9 aromatic rings. The molecule has 0 bridgehead atoms. The highest BCUT2D eigenvalue weighted by atomic mass is 16.3. The van der Waals surface area contributed by atoms with Gasteiger partial charge in [0.05, 0.1) is 0 Å². The van der Waals surface area contributed by atoms with Gasteiger partial charge in [0.15, 0.2) is 17.5 Å². The van der Waals surface area contributed by atoms with Gasteiger partial charge in [-0.15, -0.1) is 0 Å². The molecule has 0 N–H and O–H groups in total. The smallest absolute Gasteiger partial charge is 0.164 e. The number of rotatable bonds is 5. The van der Waals surface area contributed by atoms with Crippen LogP contribution in [0.25, 0.3) is 89.5 Å². The molecule has 0 radical (unpaired) electrons. The van der Waals surface area contributed by atoms with Crippen molar-refractivity contribution in [3.8, 4) is 67.5 Å². The van der Waals surface area contributed by atoms with Gasteiger partial charge >= 0.3 is 0 Å². The van der Waals surface area contributed by atoms with Crippen molar-refractivity contribution in [1.82, 2.24) is 15.0 Å². The topological polar surface area (TPSA) is 51.8 Å². The van der Waals surface area contributed by atoms with Gasteiger partial charge in [-0.25, -0.2) is 15.0 Å². The summed E-state index contributed by atoms with van der Waals surface area (Å²) in [5.41, 5.74) is 15.4. The minimum absolute atomic E-state index is 0.158. The van der Waals surface area contributed by atoms with Gasteiger partial charge in [0.2, 0.25) is 0 Å². The van der Waals surface area contributed by atoms with Gasteiger partial charge in [-0.05, 0) is 87.7 Å². The Morgan fingerprint density at radius 2 is 0.891 bits per heavy atom. The zero-order chi connectivity index (χ0) is 36.3. The lowest BCUT2D eigenvalue weighted by atomic mass is 9.67. The highest BCUT2D eigenvalue weighted by Crippen LogP contribution is 2.56. The van der Waals surface area contributed by atoms with E-state index in [2.05, 4.69) is 103 Å². The van der Waals surface area contributed by atoms with E-state index >= 15 is 0 Å². The van der Waals surface area contributed by atoms with Gasteiger partial charge in [0, 0.05) is 32.9 Å². The van der Waals surface area contributed by atoms with E-state index in [-0.39, 0.29) is 5.41 Å². The fourth-order valence-electron chi connectivity index (χ4n) is 9.21. The molecule has 1 saturated carbocycles. The molecule has 2 heterocycles. The second kappa shape index (κ2) is 12.7. The number of fused-ring (bicyclic) bond motifs is 8. The number of para-hydroxylation sites is 1. The first-order chi connectivity index (χ1) is 27.2. The molecule has 0 aliphatic heterocycles. The average Bonchev–Trinajstić information content (AvgIpc) is 3.76. The van der Waals surface area contributed by atoms with Gasteiger partial charge in [0.25, 0.3) is 0 Å². The van der Waals surface area contributed by atoms with E-state index in [1.165, 1.54) is 71.0 Å². The summed E-state index contributed by atoms with van der Waals surface area (Å²) in [6, 6.07) is 58.3. The molecule has 0 saturated heterocycles. The molecule has 11 rings (SSSR count). The fourth-order valence-corrected chi connectivity index (χ4v) is 9.21. The highest BCUT2D eigenvalue weighted by Gasteiger charge is 2.43. The van der Waals surface area contributed by atoms with E-state index in [0.29, 0.717) is 17.5 Å². The largest absolute Gasteiger partial charge is 0.456 e. The summed E-state index contributed by atoms with van der Waals surface area (Å²) >= 11 is 0. The van der Waals surface area contributed by atoms with Crippen LogP contribution in [0, 0.1) is 0 Å². The third-order valence-electron chi connectivity index (χ3n) is 12.0. The highest BCUT2D eigenvalue weighted by molar-refractivity contribution is 6.06. The number of hydrogen-bond donors (Lipinski definition) is 0. The van der Waals surface area contributed by atoms with E-state index in [1.807, 2.05) is 60.7 Å². The van der Waals surface area contributed by atoms with Crippen molar-refractivity contribution in [2.75, 3.05) is 0 Å². The van der Waals surface area contributed by atoms with Crippen LogP contribution >= 0.6 is 0 Å². The van der Waals surface area contributed by atoms with Crippen molar-refractivity contribution in [3.63, 3.8) is 0 Å². The van der Waals surface area contributed by atoms with Crippen LogP contribution in [-0.4, -0.2) is 15.0 Å². The van der Waals surface area contributed by atoms with Crippen LogP contribution in [0.3, 0.4) is 0 Å². The van der Waals surface area contributed by atoms with Crippen molar-refractivity contribution in [2.45, 2.75) is 37.5 Å². The van der Waals surface area contributed by atoms with Gasteiger partial charge in [-0.3, -0.25) is 0 Å². The second-order valence-electron chi connectivity index (χ2n) is 15.1. The minimum Gasteiger partial charge on any atom is -0.456 e. The molecular formula is C51H37N3O. The van der Waals surface area contributed by atoms with Crippen LogP contribution in [0.4, 0.5) is 0 Å². The van der Waals surface area contributed by atoms with E-state index in [0.717, 1.165) is 44.2 Å². The molecule has 262 valence electrons. The first-order valence-corrected chi connectivity index (χ1v) is 19.4. The minimum atomic E-state index is 0.158. The fraction of sp³-hybridized carbons (Fsp3) is 0.118. The molecule has 0 amide bonds. The molecule has 1 spiro atoms. The molecule has 4 heteroatoms. The maximum absolute atomic E-state index is 6.10. The Hall–Kier alpha value is -6.65. The van der Waals surface area contributed by atoms with Crippen molar-refractivity contribution >= 4 is 21.9 Å². The zero-order valence-electron chi connectivity index (χ0n) is 30.4. The summed E-state index contributed by atoms with van der Waals surface area (Å²) in [4.78, 5) is 15.0. The number of benzene rings is 7. The van der Waals surface area contributed by atoms with Crippen molar-refractivity contribution < 1.29 is 4.42 Å². The first-order valence-electron chi connectivity index (χ1n) is 19.4. The standard InChI is InChI=1S/C51H37N3O/c1-3-11-36(12-4-1)48-52-49(54-50(53-48)39-26-28-47-43(31-39)42-14-6-8-16-46(42)55-47)37-23-21-34(22-24-37)33-17-19-35(20-18-33)38-25-27-41-40-13-5-7-15-44(40)51(45(41)32-38)29-9-2-10-30-51/h1,3-8,11-28,31-32H,2,9-10,29-30H2. The lowest BCUT2D eigenvalue weighted by molar-refractivity contribution is 0.353. The van der Waals surface area contributed by atoms with Crippen molar-refractivity contribution in [2.24, 2.45) is 0 Å². The summed E-state index contributed by atoms with van der Waals surface area (Å²) < 4.78 is 6.10. The third-order valence-corrected chi connectivity index (χ3v) is 12.0. The first kappa shape index (κ1) is 31.8. The van der Waals surface area contributed by atoms with E-state index in [1.54, 1.807) is 0 Å². The maximum atomic E-state index is 6.10. The molecule has 55 heavy (non-hydrogen) atoms. The second-order valence-corrected chi connectivity index (χ2v) is 15.1. The summed E-state index contributed by atoms with van der Waals surface area (Å²) in [5.74, 6) is 1.90. The Labute approximate surface area is 320 Å².